The number of para-hydroxylation sites is 1. The number of hydrogen-bond donors (Lipinski definition) is 1. The minimum atomic E-state index is -4.17. The lowest BCUT2D eigenvalue weighted by atomic mass is 9.97. The third kappa shape index (κ3) is 4.71. The Morgan fingerprint density at radius 1 is 1.09 bits per heavy atom. The summed E-state index contributed by atoms with van der Waals surface area (Å²) in [5, 5.41) is 7.16. The first-order valence-corrected chi connectivity index (χ1v) is 11.6. The average Bonchev–Trinajstić information content (AvgIpc) is 3.29. The van der Waals surface area contributed by atoms with Gasteiger partial charge in [0.1, 0.15) is 16.5 Å². The fourth-order valence-corrected chi connectivity index (χ4v) is 5.22. The molecule has 3 aromatic rings. The van der Waals surface area contributed by atoms with Crippen LogP contribution < -0.4 is 5.32 Å². The lowest BCUT2D eigenvalue weighted by Crippen LogP contribution is -2.43. The number of nitrogens with one attached hydrogen (secondary N) is 1. The van der Waals surface area contributed by atoms with E-state index in [1.807, 2.05) is 36.5 Å². The topological polar surface area (TPSA) is 84.3 Å². The van der Waals surface area contributed by atoms with Crippen molar-refractivity contribution in [2.75, 3.05) is 13.1 Å². The molecule has 2 aromatic carbocycles. The van der Waals surface area contributed by atoms with Crippen LogP contribution in [0.15, 0.2) is 65.8 Å². The quantitative estimate of drug-likeness (QED) is 0.613. The fraction of sp³-hybridized carbons (Fsp3) is 0.273. The maximum absolute atomic E-state index is 14.0. The number of carbonyl (C=O) groups excluding carboxylic acids is 1. The van der Waals surface area contributed by atoms with E-state index in [9.17, 15) is 22.0 Å². The Morgan fingerprint density at radius 3 is 2.53 bits per heavy atom. The van der Waals surface area contributed by atoms with Gasteiger partial charge in [-0.25, -0.2) is 21.9 Å². The van der Waals surface area contributed by atoms with E-state index in [4.69, 9.17) is 0 Å². The highest BCUT2D eigenvalue weighted by Crippen LogP contribution is 2.26. The Bertz CT molecular complexity index is 1210. The van der Waals surface area contributed by atoms with Crippen molar-refractivity contribution >= 4 is 15.9 Å². The van der Waals surface area contributed by atoms with Crippen LogP contribution in [0.1, 0.15) is 18.4 Å². The molecule has 0 atom stereocenters. The maximum Gasteiger partial charge on any atom is 0.246 e. The van der Waals surface area contributed by atoms with E-state index in [1.54, 1.807) is 10.9 Å². The van der Waals surface area contributed by atoms with Gasteiger partial charge >= 0.3 is 0 Å². The highest BCUT2D eigenvalue weighted by atomic mass is 32.2. The number of piperidine rings is 1. The largest absolute Gasteiger partial charge is 0.352 e. The van der Waals surface area contributed by atoms with Crippen LogP contribution in [0.25, 0.3) is 5.69 Å². The highest BCUT2D eigenvalue weighted by Gasteiger charge is 2.33. The summed E-state index contributed by atoms with van der Waals surface area (Å²) >= 11 is 0. The minimum Gasteiger partial charge on any atom is -0.352 e. The normalized spacial score (nSPS) is 15.6. The zero-order chi connectivity index (χ0) is 22.7. The number of amides is 1. The van der Waals surface area contributed by atoms with E-state index >= 15 is 0 Å². The SMILES string of the molecule is O=C(NCc1cnn(-c2ccccc2)c1)C1CCN(S(=O)(=O)c2cc(F)ccc2F)CC1. The Labute approximate surface area is 184 Å². The van der Waals surface area contributed by atoms with Crippen molar-refractivity contribution in [2.24, 2.45) is 5.92 Å². The smallest absolute Gasteiger partial charge is 0.246 e. The second-order valence-corrected chi connectivity index (χ2v) is 9.51. The molecule has 0 aliphatic carbocycles. The molecule has 0 spiro atoms. The van der Waals surface area contributed by atoms with Crippen molar-refractivity contribution in [3.63, 3.8) is 0 Å². The molecule has 1 N–H and O–H groups in total. The number of halogens is 2. The molecule has 168 valence electrons. The zero-order valence-corrected chi connectivity index (χ0v) is 17.9. The van der Waals surface area contributed by atoms with E-state index in [-0.39, 0.29) is 24.9 Å². The maximum atomic E-state index is 14.0. The van der Waals surface area contributed by atoms with Gasteiger partial charge in [0.25, 0.3) is 0 Å². The zero-order valence-electron chi connectivity index (χ0n) is 17.1. The second kappa shape index (κ2) is 9.17. The van der Waals surface area contributed by atoms with E-state index < -0.39 is 26.6 Å². The van der Waals surface area contributed by atoms with Crippen LogP contribution in [0.5, 0.6) is 0 Å². The molecule has 2 heterocycles. The first-order valence-electron chi connectivity index (χ1n) is 10.2. The molecule has 0 bridgehead atoms. The molecule has 1 amide bonds. The molecule has 1 aliphatic heterocycles. The van der Waals surface area contributed by atoms with Crippen molar-refractivity contribution in [2.45, 2.75) is 24.3 Å². The van der Waals surface area contributed by atoms with Crippen LogP contribution in [0, 0.1) is 17.6 Å². The van der Waals surface area contributed by atoms with Crippen LogP contribution in [-0.4, -0.2) is 41.5 Å². The molecule has 1 aliphatic rings. The summed E-state index contributed by atoms with van der Waals surface area (Å²) in [7, 11) is -4.17. The molecule has 7 nitrogen and oxygen atoms in total. The van der Waals surface area contributed by atoms with Gasteiger partial charge in [-0.15, -0.1) is 0 Å². The Morgan fingerprint density at radius 2 is 1.81 bits per heavy atom. The molecule has 4 rings (SSSR count). The predicted molar refractivity (Wildman–Crippen MR) is 113 cm³/mol. The molecule has 0 radical (unpaired) electrons. The van der Waals surface area contributed by atoms with Crippen molar-refractivity contribution in [3.8, 4) is 5.69 Å². The van der Waals surface area contributed by atoms with Gasteiger partial charge in [-0.05, 0) is 43.2 Å². The molecule has 32 heavy (non-hydrogen) atoms. The van der Waals surface area contributed by atoms with Crippen molar-refractivity contribution < 1.29 is 22.0 Å². The van der Waals surface area contributed by atoms with E-state index in [1.165, 1.54) is 0 Å². The van der Waals surface area contributed by atoms with Crippen molar-refractivity contribution in [3.05, 3.63) is 78.1 Å². The Balaban J connectivity index is 1.32. The molecule has 0 saturated carbocycles. The molecular formula is C22H22F2N4O3S. The number of rotatable bonds is 6. The Kier molecular flexibility index (Phi) is 6.33. The number of carbonyl (C=O) groups is 1. The van der Waals surface area contributed by atoms with Crippen LogP contribution >= 0.6 is 0 Å². The lowest BCUT2D eigenvalue weighted by molar-refractivity contribution is -0.126. The van der Waals surface area contributed by atoms with Gasteiger partial charge in [-0.1, -0.05) is 18.2 Å². The molecule has 1 fully saturated rings. The van der Waals surface area contributed by atoms with Gasteiger partial charge in [0, 0.05) is 37.3 Å². The Hall–Kier alpha value is -3.11. The van der Waals surface area contributed by atoms with E-state index in [0.29, 0.717) is 25.5 Å². The summed E-state index contributed by atoms with van der Waals surface area (Å²) in [5.74, 6) is -2.36. The first kappa shape index (κ1) is 22.1. The standard InChI is InChI=1S/C22H22F2N4O3S/c23-18-6-7-20(24)21(12-18)32(30,31)27-10-8-17(9-11-27)22(29)25-13-16-14-26-28(15-16)19-4-2-1-3-5-19/h1-7,12,14-15,17H,8-11,13H2,(H,25,29). The fourth-order valence-electron chi connectivity index (χ4n) is 3.68. The number of aromatic nitrogens is 2. The first-order chi connectivity index (χ1) is 15.3. The van der Waals surface area contributed by atoms with E-state index in [0.717, 1.165) is 27.7 Å². The van der Waals surface area contributed by atoms with Crippen LogP contribution in [0.3, 0.4) is 0 Å². The van der Waals surface area contributed by atoms with Gasteiger partial charge in [0.15, 0.2) is 0 Å². The predicted octanol–water partition coefficient (Wildman–Crippen LogP) is 2.87. The van der Waals surface area contributed by atoms with Gasteiger partial charge in [0.2, 0.25) is 15.9 Å². The third-order valence-electron chi connectivity index (χ3n) is 5.46. The second-order valence-electron chi connectivity index (χ2n) is 7.60. The molecular weight excluding hydrogens is 438 g/mol. The molecule has 1 saturated heterocycles. The monoisotopic (exact) mass is 460 g/mol. The van der Waals surface area contributed by atoms with Gasteiger partial charge in [-0.2, -0.15) is 9.40 Å². The van der Waals surface area contributed by atoms with Gasteiger partial charge in [-0.3, -0.25) is 4.79 Å². The summed E-state index contributed by atoms with van der Waals surface area (Å²) in [4.78, 5) is 11.9. The minimum absolute atomic E-state index is 0.0579. The summed E-state index contributed by atoms with van der Waals surface area (Å²) in [6.07, 6.45) is 4.10. The number of nitrogens with zero attached hydrogens (tertiary/aromatic N) is 3. The number of hydrogen-bond acceptors (Lipinski definition) is 4. The third-order valence-corrected chi connectivity index (χ3v) is 7.37. The summed E-state index contributed by atoms with van der Waals surface area (Å²) < 4.78 is 55.5. The molecule has 10 heteroatoms. The number of benzene rings is 2. The average molecular weight is 461 g/mol. The highest BCUT2D eigenvalue weighted by molar-refractivity contribution is 7.89. The summed E-state index contributed by atoms with van der Waals surface area (Å²) in [6.45, 7) is 0.420. The lowest BCUT2D eigenvalue weighted by Gasteiger charge is -2.30. The molecule has 1 aromatic heterocycles. The van der Waals surface area contributed by atoms with E-state index in [2.05, 4.69) is 10.4 Å². The van der Waals surface area contributed by atoms with Gasteiger partial charge in [0.05, 0.1) is 11.9 Å². The summed E-state index contributed by atoms with van der Waals surface area (Å²) in [6, 6.07) is 11.9. The number of sulfonamides is 1. The van der Waals surface area contributed by atoms with Crippen molar-refractivity contribution in [1.82, 2.24) is 19.4 Å². The van der Waals surface area contributed by atoms with Crippen LogP contribution in [0.2, 0.25) is 0 Å². The van der Waals surface area contributed by atoms with Crippen LogP contribution in [-0.2, 0) is 21.4 Å². The summed E-state index contributed by atoms with van der Waals surface area (Å²) in [5.41, 5.74) is 1.75. The molecule has 0 unspecified atom stereocenters. The van der Waals surface area contributed by atoms with Crippen molar-refractivity contribution in [1.29, 1.82) is 0 Å². The van der Waals surface area contributed by atoms with Crippen LogP contribution in [0.4, 0.5) is 8.78 Å². The van der Waals surface area contributed by atoms with Gasteiger partial charge < -0.3 is 5.32 Å².